The van der Waals surface area contributed by atoms with Crippen LogP contribution >= 0.6 is 0 Å². The highest BCUT2D eigenvalue weighted by atomic mass is 19.1. The van der Waals surface area contributed by atoms with E-state index in [1.54, 1.807) is 12.1 Å². The molecule has 0 unspecified atom stereocenters. The van der Waals surface area contributed by atoms with Gasteiger partial charge in [0.05, 0.1) is 19.0 Å². The summed E-state index contributed by atoms with van der Waals surface area (Å²) in [6.07, 6.45) is 3.38. The number of ether oxygens (including phenoxy) is 1. The van der Waals surface area contributed by atoms with Crippen LogP contribution in [0.15, 0.2) is 36.7 Å². The molecule has 1 N–H and O–H groups in total. The second-order valence-corrected chi connectivity index (χ2v) is 4.64. The maximum Gasteiger partial charge on any atom is 0.356 e. The number of hydrogen-bond acceptors (Lipinski definition) is 5. The van der Waals surface area contributed by atoms with Crippen LogP contribution in [0.1, 0.15) is 16.9 Å². The average molecular weight is 305 g/mol. The summed E-state index contributed by atoms with van der Waals surface area (Å²) in [5.41, 5.74) is -0.0863. The molecule has 0 atom stereocenters. The molecule has 0 saturated carbocycles. The standard InChI is InChI=1S/C15H16FN3O3/c1-19(14-10-17-13(9-18-14)15(20)21)7-2-8-22-12-5-3-11(16)4-6-12/h3-6,9-10H,2,7-8H2,1H3,(H,20,21). The molecule has 6 nitrogen and oxygen atoms in total. The van der Waals surface area contributed by atoms with Gasteiger partial charge < -0.3 is 14.7 Å². The molecular formula is C15H16FN3O3. The van der Waals surface area contributed by atoms with Crippen LogP contribution in [0.5, 0.6) is 5.75 Å². The first-order valence-corrected chi connectivity index (χ1v) is 6.71. The third-order valence-corrected chi connectivity index (χ3v) is 2.97. The SMILES string of the molecule is CN(CCCOc1ccc(F)cc1)c1cnc(C(=O)O)cn1. The van der Waals surface area contributed by atoms with Crippen LogP contribution in [-0.4, -0.2) is 41.2 Å². The van der Waals surface area contributed by atoms with Gasteiger partial charge in [-0.3, -0.25) is 0 Å². The van der Waals surface area contributed by atoms with Crippen molar-refractivity contribution in [2.75, 3.05) is 25.1 Å². The van der Waals surface area contributed by atoms with E-state index in [4.69, 9.17) is 9.84 Å². The molecule has 0 bridgehead atoms. The van der Waals surface area contributed by atoms with Crippen LogP contribution in [0.25, 0.3) is 0 Å². The number of benzene rings is 1. The summed E-state index contributed by atoms with van der Waals surface area (Å²) in [4.78, 5) is 20.4. The minimum atomic E-state index is -1.10. The topological polar surface area (TPSA) is 75.5 Å². The lowest BCUT2D eigenvalue weighted by molar-refractivity contribution is 0.0690. The van der Waals surface area contributed by atoms with E-state index in [1.807, 2.05) is 11.9 Å². The quantitative estimate of drug-likeness (QED) is 0.791. The van der Waals surface area contributed by atoms with Gasteiger partial charge in [0.25, 0.3) is 0 Å². The number of carbonyl (C=O) groups is 1. The molecule has 0 amide bonds. The number of carboxylic acids is 1. The highest BCUT2D eigenvalue weighted by molar-refractivity contribution is 5.84. The van der Waals surface area contributed by atoms with Crippen molar-refractivity contribution in [3.05, 3.63) is 48.2 Å². The van der Waals surface area contributed by atoms with Crippen LogP contribution in [-0.2, 0) is 0 Å². The Hall–Kier alpha value is -2.70. The number of halogens is 1. The van der Waals surface area contributed by atoms with Crippen molar-refractivity contribution >= 4 is 11.8 Å². The Morgan fingerprint density at radius 3 is 2.59 bits per heavy atom. The third kappa shape index (κ3) is 4.41. The van der Waals surface area contributed by atoms with E-state index in [-0.39, 0.29) is 11.5 Å². The molecule has 0 saturated heterocycles. The van der Waals surface area contributed by atoms with Crippen molar-refractivity contribution in [3.63, 3.8) is 0 Å². The molecule has 0 aliphatic carbocycles. The van der Waals surface area contributed by atoms with Crippen LogP contribution in [0.2, 0.25) is 0 Å². The Morgan fingerprint density at radius 1 is 1.27 bits per heavy atom. The second kappa shape index (κ2) is 7.35. The van der Waals surface area contributed by atoms with Gasteiger partial charge in [0.15, 0.2) is 5.69 Å². The highest BCUT2D eigenvalue weighted by Crippen LogP contribution is 2.12. The molecule has 0 radical (unpaired) electrons. The molecule has 1 aromatic heterocycles. The Bertz CT molecular complexity index is 617. The summed E-state index contributed by atoms with van der Waals surface area (Å²) in [5, 5.41) is 8.76. The minimum absolute atomic E-state index is 0.0863. The monoisotopic (exact) mass is 305 g/mol. The van der Waals surface area contributed by atoms with Crippen molar-refractivity contribution in [2.24, 2.45) is 0 Å². The fourth-order valence-electron chi connectivity index (χ4n) is 1.77. The largest absolute Gasteiger partial charge is 0.494 e. The molecule has 116 valence electrons. The van der Waals surface area contributed by atoms with Crippen LogP contribution in [0, 0.1) is 5.82 Å². The summed E-state index contributed by atoms with van der Waals surface area (Å²) in [7, 11) is 1.84. The first-order valence-electron chi connectivity index (χ1n) is 6.71. The lowest BCUT2D eigenvalue weighted by atomic mass is 10.3. The lowest BCUT2D eigenvalue weighted by Gasteiger charge is -2.17. The van der Waals surface area contributed by atoms with E-state index in [2.05, 4.69) is 9.97 Å². The Morgan fingerprint density at radius 2 is 2.00 bits per heavy atom. The van der Waals surface area contributed by atoms with Crippen LogP contribution in [0.4, 0.5) is 10.2 Å². The van der Waals surface area contributed by atoms with Gasteiger partial charge in [0.1, 0.15) is 17.4 Å². The molecule has 1 heterocycles. The van der Waals surface area contributed by atoms with Gasteiger partial charge in [-0.15, -0.1) is 0 Å². The van der Waals surface area contributed by atoms with Gasteiger partial charge >= 0.3 is 5.97 Å². The molecule has 1 aromatic carbocycles. The molecule has 0 spiro atoms. The fraction of sp³-hybridized carbons (Fsp3) is 0.267. The molecule has 7 heteroatoms. The molecule has 0 aliphatic heterocycles. The number of hydrogen-bond donors (Lipinski definition) is 1. The summed E-state index contributed by atoms with van der Waals surface area (Å²) < 4.78 is 18.2. The van der Waals surface area contributed by atoms with E-state index in [0.717, 1.165) is 6.42 Å². The van der Waals surface area contributed by atoms with Crippen LogP contribution < -0.4 is 9.64 Å². The van der Waals surface area contributed by atoms with E-state index in [1.165, 1.54) is 24.5 Å². The Kier molecular flexibility index (Phi) is 5.24. The molecule has 0 fully saturated rings. The molecule has 2 rings (SSSR count). The van der Waals surface area contributed by atoms with Gasteiger partial charge in [-0.2, -0.15) is 0 Å². The summed E-state index contributed by atoms with van der Waals surface area (Å²) >= 11 is 0. The Balaban J connectivity index is 1.76. The first-order chi connectivity index (χ1) is 10.6. The summed E-state index contributed by atoms with van der Waals surface area (Å²) in [5.74, 6) is -0.189. The van der Waals surface area contributed by atoms with Gasteiger partial charge in [-0.1, -0.05) is 0 Å². The smallest absolute Gasteiger partial charge is 0.356 e. The predicted molar refractivity (Wildman–Crippen MR) is 78.8 cm³/mol. The average Bonchev–Trinajstić information content (AvgIpc) is 2.53. The van der Waals surface area contributed by atoms with E-state index in [9.17, 15) is 9.18 Å². The summed E-state index contributed by atoms with van der Waals surface area (Å²) in [6.45, 7) is 1.15. The number of carboxylic acid groups (broad SMARTS) is 1. The Labute approximate surface area is 127 Å². The van der Waals surface area contributed by atoms with Crippen molar-refractivity contribution in [3.8, 4) is 5.75 Å². The van der Waals surface area contributed by atoms with Gasteiger partial charge in [-0.25, -0.2) is 19.2 Å². The third-order valence-electron chi connectivity index (χ3n) is 2.97. The number of rotatable bonds is 7. The zero-order valence-electron chi connectivity index (χ0n) is 12.1. The van der Waals surface area contributed by atoms with Crippen LogP contribution in [0.3, 0.4) is 0 Å². The normalized spacial score (nSPS) is 10.3. The number of aromatic carboxylic acids is 1. The molecule has 2 aromatic rings. The van der Waals surface area contributed by atoms with Crippen molar-refractivity contribution in [2.45, 2.75) is 6.42 Å². The first kappa shape index (κ1) is 15.7. The predicted octanol–water partition coefficient (Wildman–Crippen LogP) is 2.22. The van der Waals surface area contributed by atoms with Gasteiger partial charge in [-0.05, 0) is 30.7 Å². The number of aromatic nitrogens is 2. The lowest BCUT2D eigenvalue weighted by Crippen LogP contribution is -2.22. The van der Waals surface area contributed by atoms with Crippen molar-refractivity contribution < 1.29 is 19.0 Å². The van der Waals surface area contributed by atoms with E-state index < -0.39 is 5.97 Å². The number of nitrogens with zero attached hydrogens (tertiary/aromatic N) is 3. The van der Waals surface area contributed by atoms with Crippen molar-refractivity contribution in [1.82, 2.24) is 9.97 Å². The zero-order chi connectivity index (χ0) is 15.9. The number of anilines is 1. The van der Waals surface area contributed by atoms with Gasteiger partial charge in [0.2, 0.25) is 0 Å². The minimum Gasteiger partial charge on any atom is -0.494 e. The maximum atomic E-state index is 12.7. The van der Waals surface area contributed by atoms with Gasteiger partial charge in [0, 0.05) is 13.6 Å². The van der Waals surface area contributed by atoms with E-state index >= 15 is 0 Å². The van der Waals surface area contributed by atoms with Crippen molar-refractivity contribution in [1.29, 1.82) is 0 Å². The molecular weight excluding hydrogens is 289 g/mol. The maximum absolute atomic E-state index is 12.7. The molecule has 0 aliphatic rings. The fourth-order valence-corrected chi connectivity index (χ4v) is 1.77. The second-order valence-electron chi connectivity index (χ2n) is 4.64. The summed E-state index contributed by atoms with van der Waals surface area (Å²) in [6, 6.07) is 5.85. The zero-order valence-corrected chi connectivity index (χ0v) is 12.1. The van der Waals surface area contributed by atoms with E-state index in [0.29, 0.717) is 24.7 Å². The molecule has 22 heavy (non-hydrogen) atoms. The highest BCUT2D eigenvalue weighted by Gasteiger charge is 2.07.